The van der Waals surface area contributed by atoms with Gasteiger partial charge in [0.25, 0.3) is 5.69 Å². The molecule has 0 saturated heterocycles. The van der Waals surface area contributed by atoms with E-state index in [9.17, 15) is 19.7 Å². The zero-order valence-electron chi connectivity index (χ0n) is 12.6. The van der Waals surface area contributed by atoms with E-state index < -0.39 is 22.3 Å². The van der Waals surface area contributed by atoms with Gasteiger partial charge in [0.1, 0.15) is 0 Å². The molecule has 0 atom stereocenters. The molecular weight excluding hydrogens is 290 g/mol. The average molecular weight is 307 g/mol. The topological polar surface area (TPSA) is 95.7 Å². The van der Waals surface area contributed by atoms with Gasteiger partial charge in [-0.25, -0.2) is 0 Å². The quantitative estimate of drug-likeness (QED) is 0.263. The maximum atomic E-state index is 12.3. The van der Waals surface area contributed by atoms with Crippen molar-refractivity contribution in [1.82, 2.24) is 0 Å². The Morgan fingerprint density at radius 2 is 1.77 bits per heavy atom. The Labute approximate surface area is 127 Å². The van der Waals surface area contributed by atoms with Crippen LogP contribution in [-0.4, -0.2) is 31.1 Å². The van der Waals surface area contributed by atoms with Gasteiger partial charge >= 0.3 is 11.9 Å². The van der Waals surface area contributed by atoms with Crippen LogP contribution >= 0.6 is 0 Å². The predicted octanol–water partition coefficient (Wildman–Crippen LogP) is 2.14. The number of para-hydroxylation sites is 1. The molecule has 0 amide bonds. The van der Waals surface area contributed by atoms with Crippen molar-refractivity contribution in [3.63, 3.8) is 0 Å². The molecule has 118 valence electrons. The Kier molecular flexibility index (Phi) is 5.80. The molecule has 0 heterocycles. The number of hydrogen-bond donors (Lipinski definition) is 0. The molecule has 0 aliphatic rings. The minimum atomic E-state index is -1.92. The second-order valence-corrected chi connectivity index (χ2v) is 4.44. The average Bonchev–Trinajstić information content (AvgIpc) is 2.54. The number of nitro groups is 1. The monoisotopic (exact) mass is 307 g/mol. The third kappa shape index (κ3) is 2.98. The van der Waals surface area contributed by atoms with Crippen molar-refractivity contribution in [1.29, 1.82) is 0 Å². The standard InChI is InChI=1S/C15H17NO6/c1-4-5-10-15(13(17)21-2,14(18)22-3)11-8-6-7-9-12(11)16(19)20/h4-9H,10H2,1-3H3/b5-4-. The first-order valence-corrected chi connectivity index (χ1v) is 6.47. The van der Waals surface area contributed by atoms with Gasteiger partial charge in [-0.2, -0.15) is 0 Å². The van der Waals surface area contributed by atoms with Gasteiger partial charge in [-0.1, -0.05) is 30.4 Å². The molecule has 0 spiro atoms. The lowest BCUT2D eigenvalue weighted by molar-refractivity contribution is -0.386. The molecule has 0 aromatic heterocycles. The molecule has 0 unspecified atom stereocenters. The number of rotatable bonds is 6. The molecule has 7 nitrogen and oxygen atoms in total. The summed E-state index contributed by atoms with van der Waals surface area (Å²) in [6.07, 6.45) is 3.09. The van der Waals surface area contributed by atoms with Crippen LogP contribution in [0.25, 0.3) is 0 Å². The fourth-order valence-corrected chi connectivity index (χ4v) is 2.22. The van der Waals surface area contributed by atoms with Gasteiger partial charge in [-0.15, -0.1) is 0 Å². The van der Waals surface area contributed by atoms with E-state index in [0.29, 0.717) is 0 Å². The summed E-state index contributed by atoms with van der Waals surface area (Å²) >= 11 is 0. The van der Waals surface area contributed by atoms with Crippen molar-refractivity contribution < 1.29 is 24.0 Å². The van der Waals surface area contributed by atoms with Crippen LogP contribution in [0.1, 0.15) is 18.9 Å². The normalized spacial score (nSPS) is 11.2. The molecule has 0 fully saturated rings. The first-order chi connectivity index (χ1) is 10.4. The molecular formula is C15H17NO6. The molecule has 0 aliphatic heterocycles. The first kappa shape index (κ1) is 17.4. The lowest BCUT2D eigenvalue weighted by Crippen LogP contribution is -2.45. The summed E-state index contributed by atoms with van der Waals surface area (Å²) in [5.74, 6) is -1.82. The van der Waals surface area contributed by atoms with Crippen molar-refractivity contribution in [2.45, 2.75) is 18.8 Å². The predicted molar refractivity (Wildman–Crippen MR) is 78.2 cm³/mol. The van der Waals surface area contributed by atoms with Crippen LogP contribution in [0.5, 0.6) is 0 Å². The smallest absolute Gasteiger partial charge is 0.328 e. The van der Waals surface area contributed by atoms with Crippen LogP contribution in [0, 0.1) is 10.1 Å². The molecule has 1 aromatic rings. The molecule has 22 heavy (non-hydrogen) atoms. The van der Waals surface area contributed by atoms with E-state index in [2.05, 4.69) is 0 Å². The number of esters is 2. The van der Waals surface area contributed by atoms with Gasteiger partial charge in [-0.3, -0.25) is 19.7 Å². The van der Waals surface area contributed by atoms with Crippen molar-refractivity contribution in [2.24, 2.45) is 0 Å². The van der Waals surface area contributed by atoms with E-state index >= 15 is 0 Å². The minimum Gasteiger partial charge on any atom is -0.468 e. The fourth-order valence-electron chi connectivity index (χ4n) is 2.22. The van der Waals surface area contributed by atoms with Crippen molar-refractivity contribution in [3.05, 3.63) is 52.1 Å². The second-order valence-electron chi connectivity index (χ2n) is 4.44. The van der Waals surface area contributed by atoms with E-state index in [0.717, 1.165) is 14.2 Å². The van der Waals surface area contributed by atoms with Gasteiger partial charge in [-0.05, 0) is 13.3 Å². The summed E-state index contributed by atoms with van der Waals surface area (Å²) in [5.41, 5.74) is -2.32. The second kappa shape index (κ2) is 7.35. The maximum absolute atomic E-state index is 12.3. The summed E-state index contributed by atoms with van der Waals surface area (Å²) in [6, 6.07) is 5.55. The fraction of sp³-hybridized carbons (Fsp3) is 0.333. The Morgan fingerprint density at radius 3 is 2.23 bits per heavy atom. The Hall–Kier alpha value is -2.70. The van der Waals surface area contributed by atoms with Gasteiger partial charge < -0.3 is 9.47 Å². The van der Waals surface area contributed by atoms with Crippen LogP contribution in [0.3, 0.4) is 0 Å². The zero-order chi connectivity index (χ0) is 16.8. The molecule has 0 saturated carbocycles. The number of benzene rings is 1. The largest absolute Gasteiger partial charge is 0.468 e. The minimum absolute atomic E-state index is 0.0585. The van der Waals surface area contributed by atoms with E-state index in [1.165, 1.54) is 24.3 Å². The number of ether oxygens (including phenoxy) is 2. The van der Waals surface area contributed by atoms with Crippen LogP contribution in [0.15, 0.2) is 36.4 Å². The van der Waals surface area contributed by atoms with Gasteiger partial charge in [0.05, 0.1) is 24.7 Å². The zero-order valence-corrected chi connectivity index (χ0v) is 12.6. The summed E-state index contributed by atoms with van der Waals surface area (Å²) in [6.45, 7) is 1.71. The Balaban J connectivity index is 3.71. The Bertz CT molecular complexity index is 592. The third-order valence-corrected chi connectivity index (χ3v) is 3.29. The van der Waals surface area contributed by atoms with Crippen LogP contribution in [0.4, 0.5) is 5.69 Å². The van der Waals surface area contributed by atoms with E-state index in [-0.39, 0.29) is 17.7 Å². The van der Waals surface area contributed by atoms with Gasteiger partial charge in [0, 0.05) is 6.07 Å². The number of nitro benzene ring substituents is 1. The maximum Gasteiger partial charge on any atom is 0.328 e. The highest BCUT2D eigenvalue weighted by molar-refractivity contribution is 6.07. The number of allylic oxidation sites excluding steroid dienone is 2. The van der Waals surface area contributed by atoms with Crippen molar-refractivity contribution >= 4 is 17.6 Å². The highest BCUT2D eigenvalue weighted by Crippen LogP contribution is 2.37. The van der Waals surface area contributed by atoms with Gasteiger partial charge in [0.15, 0.2) is 5.41 Å². The molecule has 7 heteroatoms. The van der Waals surface area contributed by atoms with Crippen molar-refractivity contribution in [3.8, 4) is 0 Å². The molecule has 0 bridgehead atoms. The van der Waals surface area contributed by atoms with Crippen LogP contribution in [0.2, 0.25) is 0 Å². The van der Waals surface area contributed by atoms with Crippen LogP contribution < -0.4 is 0 Å². The highest BCUT2D eigenvalue weighted by atomic mass is 16.6. The third-order valence-electron chi connectivity index (χ3n) is 3.29. The lowest BCUT2D eigenvalue weighted by Gasteiger charge is -2.27. The van der Waals surface area contributed by atoms with Crippen molar-refractivity contribution in [2.75, 3.05) is 14.2 Å². The number of carbonyl (C=O) groups excluding carboxylic acids is 2. The highest BCUT2D eigenvalue weighted by Gasteiger charge is 2.52. The number of methoxy groups -OCH3 is 2. The summed E-state index contributed by atoms with van der Waals surface area (Å²) < 4.78 is 9.46. The summed E-state index contributed by atoms with van der Waals surface area (Å²) in [7, 11) is 2.23. The molecule has 1 aromatic carbocycles. The summed E-state index contributed by atoms with van der Waals surface area (Å²) in [4.78, 5) is 35.3. The van der Waals surface area contributed by atoms with Gasteiger partial charge in [0.2, 0.25) is 0 Å². The molecule has 1 rings (SSSR count). The van der Waals surface area contributed by atoms with E-state index in [4.69, 9.17) is 9.47 Å². The first-order valence-electron chi connectivity index (χ1n) is 6.47. The number of carbonyl (C=O) groups is 2. The van der Waals surface area contributed by atoms with E-state index in [1.807, 2.05) is 0 Å². The lowest BCUT2D eigenvalue weighted by atomic mass is 9.76. The number of nitrogens with zero attached hydrogens (tertiary/aromatic N) is 1. The molecule has 0 aliphatic carbocycles. The number of hydrogen-bond acceptors (Lipinski definition) is 6. The SMILES string of the molecule is C/C=C\CC(C(=O)OC)(C(=O)OC)c1ccccc1[N+](=O)[O-]. The molecule has 0 N–H and O–H groups in total. The van der Waals surface area contributed by atoms with Crippen LogP contribution in [-0.2, 0) is 24.5 Å². The Morgan fingerprint density at radius 1 is 1.23 bits per heavy atom. The van der Waals surface area contributed by atoms with E-state index in [1.54, 1.807) is 19.1 Å². The molecule has 0 radical (unpaired) electrons. The summed E-state index contributed by atoms with van der Waals surface area (Å²) in [5, 5.41) is 11.2.